The average molecular weight is 430 g/mol. The largest absolute Gasteiger partial charge is 0.416 e. The second kappa shape index (κ2) is 9.34. The lowest BCUT2D eigenvalue weighted by Crippen LogP contribution is -2.20. The monoisotopic (exact) mass is 430 g/mol. The molecule has 27 heavy (non-hydrogen) atoms. The van der Waals surface area contributed by atoms with Crippen LogP contribution in [0.4, 0.5) is 13.2 Å². The molecule has 3 N–H and O–H groups in total. The van der Waals surface area contributed by atoms with Gasteiger partial charge < -0.3 is 9.79 Å². The number of halogens is 3. The van der Waals surface area contributed by atoms with Crippen molar-refractivity contribution < 1.29 is 40.5 Å². The smallest absolute Gasteiger partial charge is 0.323 e. The van der Waals surface area contributed by atoms with E-state index in [9.17, 15) is 26.2 Å². The predicted octanol–water partition coefficient (Wildman–Crippen LogP) is 4.15. The molecule has 0 aliphatic rings. The van der Waals surface area contributed by atoms with Crippen molar-refractivity contribution in [2.75, 3.05) is 0 Å². The molecule has 0 heterocycles. The Labute approximate surface area is 156 Å². The Morgan fingerprint density at radius 3 is 2.44 bits per heavy atom. The zero-order chi connectivity index (χ0) is 20.9. The Kier molecular flexibility index (Phi) is 8.25. The fourth-order valence-electron chi connectivity index (χ4n) is 2.48. The summed E-state index contributed by atoms with van der Waals surface area (Å²) in [7, 11) is -9.84. The molecule has 0 amide bonds. The van der Waals surface area contributed by atoms with Crippen molar-refractivity contribution in [3.8, 4) is 0 Å². The van der Waals surface area contributed by atoms with Gasteiger partial charge in [-0.1, -0.05) is 29.8 Å². The molecule has 0 saturated heterocycles. The summed E-state index contributed by atoms with van der Waals surface area (Å²) in [6.45, 7) is 1.76. The van der Waals surface area contributed by atoms with Gasteiger partial charge in [0.2, 0.25) is 0 Å². The highest BCUT2D eigenvalue weighted by Crippen LogP contribution is 2.46. The molecule has 154 valence electrons. The Hall–Kier alpha value is -1.19. The molecular formula is C16H22F3O6PS. The van der Waals surface area contributed by atoms with Crippen LogP contribution in [0.2, 0.25) is 0 Å². The van der Waals surface area contributed by atoms with Crippen LogP contribution in [0.25, 0.3) is 0 Å². The number of allylic oxidation sites excluding steroid dienone is 2. The van der Waals surface area contributed by atoms with Crippen LogP contribution in [-0.4, -0.2) is 27.7 Å². The maximum absolute atomic E-state index is 12.7. The van der Waals surface area contributed by atoms with E-state index in [-0.39, 0.29) is 6.42 Å². The van der Waals surface area contributed by atoms with Crippen LogP contribution < -0.4 is 0 Å². The molecule has 0 saturated carbocycles. The van der Waals surface area contributed by atoms with Crippen molar-refractivity contribution in [2.24, 2.45) is 0 Å². The van der Waals surface area contributed by atoms with Crippen LogP contribution >= 0.6 is 7.60 Å². The van der Waals surface area contributed by atoms with E-state index in [0.717, 1.165) is 17.7 Å². The summed E-state index contributed by atoms with van der Waals surface area (Å²) < 4.78 is 80.1. The summed E-state index contributed by atoms with van der Waals surface area (Å²) in [5.74, 6) is 0. The molecule has 0 fully saturated rings. The van der Waals surface area contributed by atoms with E-state index in [1.165, 1.54) is 6.07 Å². The van der Waals surface area contributed by atoms with Crippen LogP contribution in [0.5, 0.6) is 0 Å². The van der Waals surface area contributed by atoms with E-state index in [1.54, 1.807) is 19.1 Å². The first-order valence-electron chi connectivity index (χ1n) is 8.04. The van der Waals surface area contributed by atoms with Gasteiger partial charge in [-0.3, -0.25) is 9.12 Å². The summed E-state index contributed by atoms with van der Waals surface area (Å²) in [4.78, 5) is 15.8. The zero-order valence-electron chi connectivity index (χ0n) is 14.6. The Morgan fingerprint density at radius 2 is 1.93 bits per heavy atom. The van der Waals surface area contributed by atoms with Crippen molar-refractivity contribution in [3.05, 3.63) is 47.0 Å². The maximum atomic E-state index is 12.7. The van der Waals surface area contributed by atoms with Crippen molar-refractivity contribution in [1.82, 2.24) is 0 Å². The van der Waals surface area contributed by atoms with Gasteiger partial charge in [0, 0.05) is 0 Å². The van der Waals surface area contributed by atoms with Crippen molar-refractivity contribution in [1.29, 1.82) is 0 Å². The minimum absolute atomic E-state index is 0.121. The summed E-state index contributed by atoms with van der Waals surface area (Å²) in [5, 5.41) is 0. The lowest BCUT2D eigenvalue weighted by molar-refractivity contribution is -0.137. The number of aryl methyl sites for hydroxylation is 1. The molecule has 0 bridgehead atoms. The van der Waals surface area contributed by atoms with Crippen LogP contribution in [0.3, 0.4) is 0 Å². The molecule has 0 aliphatic heterocycles. The van der Waals surface area contributed by atoms with Crippen LogP contribution in [0, 0.1) is 0 Å². The van der Waals surface area contributed by atoms with Gasteiger partial charge in [0.25, 0.3) is 10.1 Å². The van der Waals surface area contributed by atoms with E-state index in [2.05, 4.69) is 0 Å². The fraction of sp³-hybridized carbons (Fsp3) is 0.500. The van der Waals surface area contributed by atoms with Crippen LogP contribution in [0.1, 0.15) is 43.7 Å². The third kappa shape index (κ3) is 8.57. The molecule has 6 nitrogen and oxygen atoms in total. The van der Waals surface area contributed by atoms with Gasteiger partial charge in [0.15, 0.2) is 4.99 Å². The van der Waals surface area contributed by atoms with Gasteiger partial charge >= 0.3 is 13.8 Å². The summed E-state index contributed by atoms with van der Waals surface area (Å²) in [6, 6.07) is 5.02. The maximum Gasteiger partial charge on any atom is 0.416 e. The zero-order valence-corrected chi connectivity index (χ0v) is 16.3. The van der Waals surface area contributed by atoms with E-state index in [0.29, 0.717) is 24.8 Å². The second-order valence-electron chi connectivity index (χ2n) is 6.24. The molecule has 0 spiro atoms. The Balaban J connectivity index is 2.56. The van der Waals surface area contributed by atoms with E-state index in [4.69, 9.17) is 14.3 Å². The molecule has 1 unspecified atom stereocenters. The predicted molar refractivity (Wildman–Crippen MR) is 94.8 cm³/mol. The topological polar surface area (TPSA) is 112 Å². The van der Waals surface area contributed by atoms with E-state index >= 15 is 0 Å². The minimum atomic E-state index is -4.98. The highest BCUT2D eigenvalue weighted by atomic mass is 32.2. The lowest BCUT2D eigenvalue weighted by Gasteiger charge is -2.14. The highest BCUT2D eigenvalue weighted by Gasteiger charge is 2.38. The first-order valence-corrected chi connectivity index (χ1v) is 11.2. The minimum Gasteiger partial charge on any atom is -0.323 e. The quantitative estimate of drug-likeness (QED) is 0.235. The summed E-state index contributed by atoms with van der Waals surface area (Å²) in [5.41, 5.74) is 0.674. The molecule has 1 aromatic carbocycles. The van der Waals surface area contributed by atoms with Gasteiger partial charge in [-0.2, -0.15) is 21.6 Å². The van der Waals surface area contributed by atoms with Crippen molar-refractivity contribution >= 4 is 17.7 Å². The molecule has 1 atom stereocenters. The third-order valence-corrected chi connectivity index (χ3v) is 7.48. The molecule has 0 aliphatic carbocycles. The summed E-state index contributed by atoms with van der Waals surface area (Å²) >= 11 is 0. The molecule has 0 aromatic heterocycles. The fourth-order valence-corrected chi connectivity index (χ4v) is 4.85. The standard InChI is InChI=1S/C16H22F3O6PS/c1-12(5-2-3-8-15(26(20,21)22)27(23,24)25)9-10-13-6-4-7-14(11-13)16(17,18)19/h4-7,11,15H,2-3,8-10H2,1H3,(H2,20,21,22)(H,23,24,25). The SMILES string of the molecule is CC(=CCCCC(P(=O)(O)O)S(=O)(=O)O)CCc1cccc(C(F)(F)F)c1. The van der Waals surface area contributed by atoms with Gasteiger partial charge in [-0.05, 0) is 50.7 Å². The Bertz CT molecular complexity index is 814. The normalized spacial score (nSPS) is 15.0. The Morgan fingerprint density at radius 1 is 1.30 bits per heavy atom. The number of rotatable bonds is 9. The number of hydrogen-bond acceptors (Lipinski definition) is 3. The molecule has 0 radical (unpaired) electrons. The van der Waals surface area contributed by atoms with Crippen molar-refractivity contribution in [2.45, 2.75) is 50.2 Å². The number of benzene rings is 1. The van der Waals surface area contributed by atoms with Crippen LogP contribution in [-0.2, 0) is 27.3 Å². The van der Waals surface area contributed by atoms with Crippen molar-refractivity contribution in [3.63, 3.8) is 0 Å². The molecule has 1 aromatic rings. The first-order chi connectivity index (χ1) is 12.2. The lowest BCUT2D eigenvalue weighted by atomic mass is 10.0. The van der Waals surface area contributed by atoms with Gasteiger partial charge in [0.05, 0.1) is 5.56 Å². The molecule has 1 rings (SSSR count). The highest BCUT2D eigenvalue weighted by molar-refractivity contribution is 7.93. The van der Waals surface area contributed by atoms with Crippen LogP contribution in [0.15, 0.2) is 35.9 Å². The van der Waals surface area contributed by atoms with E-state index in [1.807, 2.05) is 0 Å². The molecule has 11 heteroatoms. The van der Waals surface area contributed by atoms with Gasteiger partial charge in [-0.15, -0.1) is 0 Å². The average Bonchev–Trinajstić information content (AvgIpc) is 2.49. The van der Waals surface area contributed by atoms with Gasteiger partial charge in [0.1, 0.15) is 0 Å². The summed E-state index contributed by atoms with van der Waals surface area (Å²) in [6.07, 6.45) is -1.75. The third-order valence-electron chi connectivity index (χ3n) is 3.93. The number of hydrogen-bond donors (Lipinski definition) is 3. The first kappa shape index (κ1) is 23.8. The van der Waals surface area contributed by atoms with Gasteiger partial charge in [-0.25, -0.2) is 0 Å². The number of unbranched alkanes of at least 4 members (excludes halogenated alkanes) is 1. The molecular weight excluding hydrogens is 408 g/mol. The number of alkyl halides is 3. The second-order valence-corrected chi connectivity index (χ2v) is 9.99. The van der Waals surface area contributed by atoms with E-state index < -0.39 is 40.9 Å².